The molecule has 1 aromatic heterocycles. The quantitative estimate of drug-likeness (QED) is 0.641. The van der Waals surface area contributed by atoms with Gasteiger partial charge in [0, 0.05) is 0 Å². The largest absolute Gasteiger partial charge is 0.480 e. The van der Waals surface area contributed by atoms with Crippen LogP contribution in [0.15, 0.2) is 12.4 Å². The molecule has 4 N–H and O–H groups in total. The van der Waals surface area contributed by atoms with E-state index in [1.54, 1.807) is 0 Å². The van der Waals surface area contributed by atoms with E-state index in [4.69, 9.17) is 22.4 Å². The number of nitrogens with one attached hydrogen (secondary N) is 1. The Morgan fingerprint density at radius 1 is 1.39 bits per heavy atom. The summed E-state index contributed by atoms with van der Waals surface area (Å²) < 4.78 is 0. The fraction of sp³-hybridized carbons (Fsp3) is 0.222. The van der Waals surface area contributed by atoms with Crippen molar-refractivity contribution in [1.82, 2.24) is 15.3 Å². The molecule has 1 atom stereocenters. The molecule has 0 aliphatic carbocycles. The molecule has 0 saturated heterocycles. The predicted octanol–water partition coefficient (Wildman–Crippen LogP) is -0.812. The van der Waals surface area contributed by atoms with Crippen LogP contribution in [0.4, 0.5) is 0 Å². The topological polar surface area (TPSA) is 135 Å². The number of primary amides is 1. The molecule has 8 nitrogen and oxygen atoms in total. The lowest BCUT2D eigenvalue weighted by Crippen LogP contribution is -2.43. The molecule has 0 fully saturated rings. The van der Waals surface area contributed by atoms with E-state index in [1.807, 2.05) is 0 Å². The Hall–Kier alpha value is -2.22. The molecule has 18 heavy (non-hydrogen) atoms. The van der Waals surface area contributed by atoms with Crippen LogP contribution in [0.25, 0.3) is 0 Å². The van der Waals surface area contributed by atoms with Gasteiger partial charge in [-0.25, -0.2) is 14.8 Å². The SMILES string of the molecule is NC(=O)C[C@@H](NC(=O)c1cnc(Cl)cn1)C(=O)O. The van der Waals surface area contributed by atoms with E-state index in [9.17, 15) is 14.4 Å². The Balaban J connectivity index is 2.75. The molecule has 0 spiro atoms. The number of aromatic nitrogens is 2. The normalized spacial score (nSPS) is 11.6. The average molecular weight is 273 g/mol. The number of carbonyl (C=O) groups is 3. The van der Waals surface area contributed by atoms with Crippen molar-refractivity contribution in [3.63, 3.8) is 0 Å². The molecule has 0 aliphatic rings. The Kier molecular flexibility index (Phi) is 4.55. The maximum Gasteiger partial charge on any atom is 0.326 e. The molecular formula is C9H9ClN4O4. The molecule has 0 aromatic carbocycles. The second-order valence-corrected chi connectivity index (χ2v) is 3.65. The van der Waals surface area contributed by atoms with E-state index in [0.29, 0.717) is 0 Å². The van der Waals surface area contributed by atoms with Gasteiger partial charge in [0.25, 0.3) is 5.91 Å². The van der Waals surface area contributed by atoms with E-state index in [2.05, 4.69) is 15.3 Å². The summed E-state index contributed by atoms with van der Waals surface area (Å²) >= 11 is 5.48. The first-order valence-electron chi connectivity index (χ1n) is 4.69. The van der Waals surface area contributed by atoms with Gasteiger partial charge in [0.2, 0.25) is 5.91 Å². The minimum absolute atomic E-state index is 0.0958. The summed E-state index contributed by atoms with van der Waals surface area (Å²) in [6, 6.07) is -1.41. The Labute approximate surface area is 106 Å². The molecule has 0 unspecified atom stereocenters. The highest BCUT2D eigenvalue weighted by Gasteiger charge is 2.23. The number of carbonyl (C=O) groups excluding carboxylic acids is 2. The molecule has 0 radical (unpaired) electrons. The molecule has 1 aromatic rings. The highest BCUT2D eigenvalue weighted by Crippen LogP contribution is 2.02. The van der Waals surface area contributed by atoms with Crippen LogP contribution < -0.4 is 11.1 Å². The van der Waals surface area contributed by atoms with Gasteiger partial charge in [0.15, 0.2) is 0 Å². The monoisotopic (exact) mass is 272 g/mol. The van der Waals surface area contributed by atoms with Gasteiger partial charge < -0.3 is 16.2 Å². The summed E-state index contributed by atoms with van der Waals surface area (Å²) in [6.07, 6.45) is 1.71. The number of carboxylic acids is 1. The first-order chi connectivity index (χ1) is 8.40. The van der Waals surface area contributed by atoms with Crippen LogP contribution in [0.5, 0.6) is 0 Å². The van der Waals surface area contributed by atoms with Crippen molar-refractivity contribution in [2.45, 2.75) is 12.5 Å². The summed E-state index contributed by atoms with van der Waals surface area (Å²) in [5, 5.41) is 11.0. The number of hydrogen-bond donors (Lipinski definition) is 3. The summed E-state index contributed by atoms with van der Waals surface area (Å²) in [5.74, 6) is -3.00. The van der Waals surface area contributed by atoms with E-state index >= 15 is 0 Å². The summed E-state index contributed by atoms with van der Waals surface area (Å²) in [6.45, 7) is 0. The van der Waals surface area contributed by atoms with Crippen LogP contribution in [-0.4, -0.2) is 38.9 Å². The van der Waals surface area contributed by atoms with Gasteiger partial charge in [0.1, 0.15) is 16.9 Å². The maximum absolute atomic E-state index is 11.6. The van der Waals surface area contributed by atoms with Crippen LogP contribution in [0.3, 0.4) is 0 Å². The molecule has 0 saturated carbocycles. The van der Waals surface area contributed by atoms with Gasteiger partial charge in [-0.05, 0) is 0 Å². The van der Waals surface area contributed by atoms with E-state index in [0.717, 1.165) is 12.4 Å². The minimum Gasteiger partial charge on any atom is -0.480 e. The first kappa shape index (κ1) is 13.8. The average Bonchev–Trinajstić information content (AvgIpc) is 2.28. The number of rotatable bonds is 5. The lowest BCUT2D eigenvalue weighted by atomic mass is 10.2. The van der Waals surface area contributed by atoms with Crippen molar-refractivity contribution in [3.8, 4) is 0 Å². The highest BCUT2D eigenvalue weighted by atomic mass is 35.5. The van der Waals surface area contributed by atoms with Crippen molar-refractivity contribution >= 4 is 29.4 Å². The summed E-state index contributed by atoms with van der Waals surface area (Å²) in [7, 11) is 0. The van der Waals surface area contributed by atoms with Gasteiger partial charge in [-0.3, -0.25) is 9.59 Å². The fourth-order valence-corrected chi connectivity index (χ4v) is 1.16. The third kappa shape index (κ3) is 3.98. The summed E-state index contributed by atoms with van der Waals surface area (Å²) in [5.41, 5.74) is 4.75. The molecule has 1 rings (SSSR count). The second-order valence-electron chi connectivity index (χ2n) is 3.26. The van der Waals surface area contributed by atoms with E-state index in [1.165, 1.54) is 0 Å². The van der Waals surface area contributed by atoms with Crippen LogP contribution >= 0.6 is 11.6 Å². The third-order valence-corrected chi connectivity index (χ3v) is 2.06. The zero-order chi connectivity index (χ0) is 13.7. The van der Waals surface area contributed by atoms with Crippen molar-refractivity contribution in [3.05, 3.63) is 23.2 Å². The molecular weight excluding hydrogens is 264 g/mol. The number of halogens is 1. The van der Waals surface area contributed by atoms with Gasteiger partial charge in [-0.1, -0.05) is 11.6 Å². The number of aliphatic carboxylic acids is 1. The van der Waals surface area contributed by atoms with Crippen molar-refractivity contribution in [1.29, 1.82) is 0 Å². The fourth-order valence-electron chi connectivity index (χ4n) is 1.06. The van der Waals surface area contributed by atoms with Gasteiger partial charge in [-0.15, -0.1) is 0 Å². The Bertz CT molecular complexity index is 476. The summed E-state index contributed by atoms with van der Waals surface area (Å²) in [4.78, 5) is 40.3. The lowest BCUT2D eigenvalue weighted by Gasteiger charge is -2.11. The number of nitrogens with two attached hydrogens (primary N) is 1. The highest BCUT2D eigenvalue weighted by molar-refractivity contribution is 6.29. The van der Waals surface area contributed by atoms with Crippen molar-refractivity contribution in [2.24, 2.45) is 5.73 Å². The third-order valence-electron chi connectivity index (χ3n) is 1.86. The molecule has 9 heteroatoms. The molecule has 0 bridgehead atoms. The smallest absolute Gasteiger partial charge is 0.326 e. The number of hydrogen-bond acceptors (Lipinski definition) is 5. The van der Waals surface area contributed by atoms with Crippen molar-refractivity contribution < 1.29 is 19.5 Å². The molecule has 2 amide bonds. The minimum atomic E-state index is -1.41. The van der Waals surface area contributed by atoms with E-state index < -0.39 is 30.2 Å². The number of amides is 2. The van der Waals surface area contributed by atoms with Crippen LogP contribution in [0.1, 0.15) is 16.9 Å². The number of nitrogens with zero attached hydrogens (tertiary/aromatic N) is 2. The van der Waals surface area contributed by atoms with E-state index in [-0.39, 0.29) is 10.8 Å². The van der Waals surface area contributed by atoms with Crippen LogP contribution in [0, 0.1) is 0 Å². The van der Waals surface area contributed by atoms with Gasteiger partial charge in [-0.2, -0.15) is 0 Å². The van der Waals surface area contributed by atoms with Gasteiger partial charge in [0.05, 0.1) is 18.8 Å². The first-order valence-corrected chi connectivity index (χ1v) is 5.07. The lowest BCUT2D eigenvalue weighted by molar-refractivity contribution is -0.140. The van der Waals surface area contributed by atoms with Crippen molar-refractivity contribution in [2.75, 3.05) is 0 Å². The maximum atomic E-state index is 11.6. The molecule has 1 heterocycles. The predicted molar refractivity (Wildman–Crippen MR) is 59.7 cm³/mol. The van der Waals surface area contributed by atoms with Gasteiger partial charge >= 0.3 is 5.97 Å². The zero-order valence-electron chi connectivity index (χ0n) is 8.96. The Morgan fingerprint density at radius 2 is 2.06 bits per heavy atom. The second kappa shape index (κ2) is 5.92. The number of carboxylic acid groups (broad SMARTS) is 1. The van der Waals surface area contributed by atoms with Crippen LogP contribution in [0.2, 0.25) is 5.15 Å². The molecule has 0 aliphatic heterocycles. The molecule has 96 valence electrons. The Morgan fingerprint density at radius 3 is 2.50 bits per heavy atom. The van der Waals surface area contributed by atoms with Crippen LogP contribution in [-0.2, 0) is 9.59 Å². The standard InChI is InChI=1S/C9H9ClN4O4/c10-6-3-12-5(2-13-6)8(16)14-4(9(17)18)1-7(11)15/h2-4H,1H2,(H2,11,15)(H,14,16)(H,17,18)/t4-/m1/s1. The zero-order valence-corrected chi connectivity index (χ0v) is 9.72.